The number of para-hydroxylation sites is 1. The van der Waals surface area contributed by atoms with Gasteiger partial charge in [-0.25, -0.2) is 0 Å². The number of hydrogen-bond acceptors (Lipinski definition) is 2. The molecule has 2 nitrogen and oxygen atoms in total. The second-order valence-corrected chi connectivity index (χ2v) is 17.7. The van der Waals surface area contributed by atoms with Gasteiger partial charge in [-0.1, -0.05) is 200 Å². The highest BCUT2D eigenvalue weighted by Gasteiger charge is 2.46. The van der Waals surface area contributed by atoms with Gasteiger partial charge >= 0.3 is 0 Å². The molecule has 0 unspecified atom stereocenters. The number of anilines is 3. The Morgan fingerprint density at radius 1 is 0.338 bits per heavy atom. The molecule has 0 atom stereocenters. The first kappa shape index (κ1) is 37.4. The zero-order valence-corrected chi connectivity index (χ0v) is 35.9. The molecule has 0 spiro atoms. The number of rotatable bonds is 7. The summed E-state index contributed by atoms with van der Waals surface area (Å²) in [5.74, 6) is 0. The van der Waals surface area contributed by atoms with Crippen LogP contribution in [0.5, 0.6) is 0 Å². The van der Waals surface area contributed by atoms with Gasteiger partial charge in [0.1, 0.15) is 11.2 Å². The lowest BCUT2D eigenvalue weighted by Crippen LogP contribution is -2.28. The Labute approximate surface area is 379 Å². The minimum absolute atomic E-state index is 0.390. The number of fused-ring (bicyclic) bond motifs is 9. The Balaban J connectivity index is 1.04. The predicted octanol–water partition coefficient (Wildman–Crippen LogP) is 16.4. The van der Waals surface area contributed by atoms with E-state index < -0.39 is 5.41 Å². The molecule has 1 aromatic heterocycles. The summed E-state index contributed by atoms with van der Waals surface area (Å²) in [4.78, 5) is 2.43. The highest BCUT2D eigenvalue weighted by Crippen LogP contribution is 2.58. The quantitative estimate of drug-likeness (QED) is 0.159. The zero-order valence-electron chi connectivity index (χ0n) is 35.9. The van der Waals surface area contributed by atoms with E-state index in [2.05, 4.69) is 254 Å². The third-order valence-corrected chi connectivity index (χ3v) is 14.4. The van der Waals surface area contributed by atoms with Crippen LogP contribution in [0.15, 0.2) is 247 Å². The first-order valence-electron chi connectivity index (χ1n) is 22.6. The Hall–Kier alpha value is -8.20. The highest BCUT2D eigenvalue weighted by molar-refractivity contribution is 6.08. The van der Waals surface area contributed by atoms with Gasteiger partial charge in [0.25, 0.3) is 0 Å². The molecule has 0 N–H and O–H groups in total. The van der Waals surface area contributed by atoms with Crippen molar-refractivity contribution in [1.82, 2.24) is 0 Å². The van der Waals surface area contributed by atoms with Crippen molar-refractivity contribution < 1.29 is 4.42 Å². The fraction of sp³-hybridized carbons (Fsp3) is 0.0476. The van der Waals surface area contributed by atoms with Gasteiger partial charge in [0.15, 0.2) is 0 Å². The Kier molecular flexibility index (Phi) is 8.29. The average Bonchev–Trinajstić information content (AvgIpc) is 3.99. The summed E-state index contributed by atoms with van der Waals surface area (Å²) >= 11 is 0. The molecule has 306 valence electrons. The molecule has 0 aliphatic heterocycles. The van der Waals surface area contributed by atoms with Crippen LogP contribution >= 0.6 is 0 Å². The van der Waals surface area contributed by atoms with Crippen LogP contribution in [-0.2, 0) is 10.8 Å². The van der Waals surface area contributed by atoms with E-state index >= 15 is 0 Å². The van der Waals surface area contributed by atoms with Crippen molar-refractivity contribution in [3.63, 3.8) is 0 Å². The number of benzene rings is 10. The average molecular weight is 830 g/mol. The highest BCUT2D eigenvalue weighted by atomic mass is 16.3. The number of nitrogens with zero attached hydrogens (tertiary/aromatic N) is 1. The SMILES string of the molecule is CC1(c2cccc3c2oc2ccc(N(c4cccc(-c5ccccc5)c4)c4ccc5c(c4)C(c4ccccc4)(c4ccccc4)c4ccccc4-5)cc23)c2ccccc2-c2ccccc21. The Morgan fingerprint density at radius 2 is 0.831 bits per heavy atom. The maximum absolute atomic E-state index is 7.02. The van der Waals surface area contributed by atoms with Crippen molar-refractivity contribution in [2.45, 2.75) is 17.8 Å². The smallest absolute Gasteiger partial charge is 0.139 e. The molecule has 2 heteroatoms. The molecule has 0 bridgehead atoms. The van der Waals surface area contributed by atoms with E-state index in [-0.39, 0.29) is 5.41 Å². The molecule has 2 aliphatic carbocycles. The van der Waals surface area contributed by atoms with Gasteiger partial charge in [-0.2, -0.15) is 0 Å². The van der Waals surface area contributed by atoms with Crippen molar-refractivity contribution in [2.75, 3.05) is 4.90 Å². The first-order chi connectivity index (χ1) is 32.1. The van der Waals surface area contributed by atoms with E-state index in [1.807, 2.05) is 0 Å². The van der Waals surface area contributed by atoms with Crippen LogP contribution in [0.4, 0.5) is 17.1 Å². The summed E-state index contributed by atoms with van der Waals surface area (Å²) in [5.41, 5.74) is 20.4. The molecule has 0 fully saturated rings. The van der Waals surface area contributed by atoms with Gasteiger partial charge < -0.3 is 9.32 Å². The van der Waals surface area contributed by atoms with E-state index in [1.165, 1.54) is 66.8 Å². The third kappa shape index (κ3) is 5.41. The van der Waals surface area contributed by atoms with E-state index in [0.29, 0.717) is 0 Å². The van der Waals surface area contributed by atoms with Crippen molar-refractivity contribution in [3.05, 3.63) is 282 Å². The lowest BCUT2D eigenvalue weighted by Gasteiger charge is -2.35. The summed E-state index contributed by atoms with van der Waals surface area (Å²) < 4.78 is 7.02. The Morgan fingerprint density at radius 3 is 1.51 bits per heavy atom. The summed E-state index contributed by atoms with van der Waals surface area (Å²) in [7, 11) is 0. The van der Waals surface area contributed by atoms with Gasteiger partial charge in [-0.3, -0.25) is 0 Å². The molecule has 0 radical (unpaired) electrons. The molecule has 0 saturated carbocycles. The van der Waals surface area contributed by atoms with Crippen LogP contribution in [0.25, 0.3) is 55.3 Å². The van der Waals surface area contributed by atoms with Gasteiger partial charge in [0.05, 0.1) is 5.41 Å². The van der Waals surface area contributed by atoms with Crippen LogP contribution < -0.4 is 4.90 Å². The molecule has 2 aliphatic rings. The van der Waals surface area contributed by atoms with E-state index in [9.17, 15) is 0 Å². The summed E-state index contributed by atoms with van der Waals surface area (Å²) in [6, 6.07) is 89.0. The number of furan rings is 1. The summed E-state index contributed by atoms with van der Waals surface area (Å²) in [6.45, 7) is 2.36. The zero-order chi connectivity index (χ0) is 43.1. The molecule has 10 aromatic carbocycles. The summed E-state index contributed by atoms with van der Waals surface area (Å²) in [5, 5.41) is 2.19. The molecule has 1 heterocycles. The van der Waals surface area contributed by atoms with E-state index in [0.717, 1.165) is 44.6 Å². The fourth-order valence-electron chi connectivity index (χ4n) is 11.5. The maximum atomic E-state index is 7.02. The van der Waals surface area contributed by atoms with E-state index in [4.69, 9.17) is 4.42 Å². The second-order valence-electron chi connectivity index (χ2n) is 17.7. The maximum Gasteiger partial charge on any atom is 0.139 e. The van der Waals surface area contributed by atoms with Crippen molar-refractivity contribution >= 4 is 39.0 Å². The van der Waals surface area contributed by atoms with E-state index in [1.54, 1.807) is 0 Å². The monoisotopic (exact) mass is 829 g/mol. The first-order valence-corrected chi connectivity index (χ1v) is 22.6. The minimum atomic E-state index is -0.531. The third-order valence-electron chi connectivity index (χ3n) is 14.4. The number of hydrogen-bond donors (Lipinski definition) is 0. The topological polar surface area (TPSA) is 16.4 Å². The van der Waals surface area contributed by atoms with Gasteiger partial charge in [0, 0.05) is 38.8 Å². The van der Waals surface area contributed by atoms with Gasteiger partial charge in [0.2, 0.25) is 0 Å². The van der Waals surface area contributed by atoms with Gasteiger partial charge in [-0.05, 0) is 116 Å². The van der Waals surface area contributed by atoms with Crippen molar-refractivity contribution in [2.24, 2.45) is 0 Å². The van der Waals surface area contributed by atoms with Crippen LogP contribution in [0.2, 0.25) is 0 Å². The molecule has 65 heavy (non-hydrogen) atoms. The van der Waals surface area contributed by atoms with Crippen LogP contribution in [0, 0.1) is 0 Å². The summed E-state index contributed by atoms with van der Waals surface area (Å²) in [6.07, 6.45) is 0. The van der Waals surface area contributed by atoms with Crippen molar-refractivity contribution in [1.29, 1.82) is 0 Å². The minimum Gasteiger partial charge on any atom is -0.456 e. The normalized spacial score (nSPS) is 13.9. The molecule has 0 saturated heterocycles. The second kappa shape index (κ2) is 14.4. The largest absolute Gasteiger partial charge is 0.456 e. The lowest BCUT2D eigenvalue weighted by atomic mass is 9.67. The van der Waals surface area contributed by atoms with Crippen LogP contribution in [0.3, 0.4) is 0 Å². The fourth-order valence-corrected chi connectivity index (χ4v) is 11.5. The lowest BCUT2D eigenvalue weighted by molar-refractivity contribution is 0.638. The standard InChI is InChI=1S/C63H43NO/c1-62(55-31-14-11-27-49(55)50-28-12-15-32-56(50)62)58-34-18-30-53-54-40-47(36-38-60(54)65-61(53)58)64(46-26-17-21-43(39-46)42-19-5-2-6-20-42)48-35-37-52-51-29-13-16-33-57(51)63(59(52)41-48,44-22-7-3-8-23-44)45-24-9-4-10-25-45/h2-41H,1H3. The molecule has 11 aromatic rings. The molecule has 0 amide bonds. The van der Waals surface area contributed by atoms with Crippen LogP contribution in [0.1, 0.15) is 45.9 Å². The van der Waals surface area contributed by atoms with Gasteiger partial charge in [-0.15, -0.1) is 0 Å². The molecular weight excluding hydrogens is 787 g/mol. The molecular formula is C63H43NO. The predicted molar refractivity (Wildman–Crippen MR) is 269 cm³/mol. The Bertz CT molecular complexity index is 3540. The van der Waals surface area contributed by atoms with Crippen molar-refractivity contribution in [3.8, 4) is 33.4 Å². The molecule has 13 rings (SSSR count). The van der Waals surface area contributed by atoms with Crippen LogP contribution in [-0.4, -0.2) is 0 Å².